The first-order valence-electron chi connectivity index (χ1n) is 5.66. The van der Waals surface area contributed by atoms with Gasteiger partial charge in [-0.25, -0.2) is 0 Å². The van der Waals surface area contributed by atoms with E-state index < -0.39 is 0 Å². The number of unbranched alkanes of at least 4 members (excludes halogenated alkanes) is 2. The Bertz CT molecular complexity index is 244. The summed E-state index contributed by atoms with van der Waals surface area (Å²) in [5.41, 5.74) is 0. The van der Waals surface area contributed by atoms with Crippen LogP contribution in [0.4, 0.5) is 0 Å². The van der Waals surface area contributed by atoms with E-state index >= 15 is 0 Å². The van der Waals surface area contributed by atoms with Gasteiger partial charge in [0.05, 0.1) is 0 Å². The molecule has 0 aromatic carbocycles. The van der Waals surface area contributed by atoms with Gasteiger partial charge in [0.2, 0.25) is 5.91 Å². The van der Waals surface area contributed by atoms with Crippen LogP contribution in [0.2, 0.25) is 0 Å². The molecule has 3 heteroatoms. The molecule has 0 bridgehead atoms. The zero-order valence-corrected chi connectivity index (χ0v) is 9.46. The van der Waals surface area contributed by atoms with Gasteiger partial charge in [0.25, 0.3) is 0 Å². The van der Waals surface area contributed by atoms with E-state index in [4.69, 9.17) is 6.42 Å². The highest BCUT2D eigenvalue weighted by Crippen LogP contribution is 2.11. The second kappa shape index (κ2) is 6.47. The molecule has 1 aliphatic rings. The molecule has 0 aromatic heterocycles. The number of nitrogens with one attached hydrogen (secondary N) is 1. The summed E-state index contributed by atoms with van der Waals surface area (Å²) in [4.78, 5) is 13.7. The molecule has 1 unspecified atom stereocenters. The van der Waals surface area contributed by atoms with Gasteiger partial charge in [0, 0.05) is 32.0 Å². The van der Waals surface area contributed by atoms with Crippen molar-refractivity contribution >= 4 is 5.91 Å². The summed E-state index contributed by atoms with van der Waals surface area (Å²) in [5, 5.41) is 3.20. The third kappa shape index (κ3) is 3.93. The molecule has 0 aromatic rings. The van der Waals surface area contributed by atoms with Gasteiger partial charge in [-0.15, -0.1) is 12.3 Å². The molecule has 15 heavy (non-hydrogen) atoms. The highest BCUT2D eigenvalue weighted by Gasteiger charge is 2.24. The Balaban J connectivity index is 2.15. The molecule has 1 saturated heterocycles. The molecule has 1 fully saturated rings. The van der Waals surface area contributed by atoms with Crippen LogP contribution in [0.25, 0.3) is 0 Å². The summed E-state index contributed by atoms with van der Waals surface area (Å²) in [5.74, 6) is 2.87. The molecule has 1 N–H and O–H groups in total. The summed E-state index contributed by atoms with van der Waals surface area (Å²) in [7, 11) is 1.95. The SMILES string of the molecule is C#CCCCCC(=O)N1CCC(NC)C1. The molecule has 0 aliphatic carbocycles. The van der Waals surface area contributed by atoms with Crippen molar-refractivity contribution in [2.45, 2.75) is 38.1 Å². The van der Waals surface area contributed by atoms with Crippen molar-refractivity contribution in [2.75, 3.05) is 20.1 Å². The Hall–Kier alpha value is -1.01. The van der Waals surface area contributed by atoms with E-state index in [1.807, 2.05) is 11.9 Å². The van der Waals surface area contributed by atoms with Crippen LogP contribution in [0.5, 0.6) is 0 Å². The average Bonchev–Trinajstić information content (AvgIpc) is 2.72. The standard InChI is InChI=1S/C12H20N2O/c1-3-4-5-6-7-12(15)14-9-8-11(10-14)13-2/h1,11,13H,4-10H2,2H3. The normalized spacial score (nSPS) is 20.3. The molecular formula is C12H20N2O. The van der Waals surface area contributed by atoms with Crippen molar-refractivity contribution in [3.05, 3.63) is 0 Å². The maximum Gasteiger partial charge on any atom is 0.222 e. The molecule has 0 radical (unpaired) electrons. The molecule has 1 atom stereocenters. The van der Waals surface area contributed by atoms with Crippen LogP contribution in [-0.2, 0) is 4.79 Å². The van der Waals surface area contributed by atoms with E-state index in [1.54, 1.807) is 0 Å². The molecule has 1 heterocycles. The second-order valence-electron chi connectivity index (χ2n) is 4.03. The van der Waals surface area contributed by atoms with Gasteiger partial charge in [0.1, 0.15) is 0 Å². The van der Waals surface area contributed by atoms with E-state index in [2.05, 4.69) is 11.2 Å². The predicted molar refractivity (Wildman–Crippen MR) is 61.3 cm³/mol. The van der Waals surface area contributed by atoms with Crippen molar-refractivity contribution in [2.24, 2.45) is 0 Å². The summed E-state index contributed by atoms with van der Waals surface area (Å²) in [6.45, 7) is 1.77. The number of likely N-dealkylation sites (tertiary alicyclic amines) is 1. The second-order valence-corrected chi connectivity index (χ2v) is 4.03. The molecule has 0 spiro atoms. The molecule has 1 amide bonds. The van der Waals surface area contributed by atoms with Gasteiger partial charge in [0.15, 0.2) is 0 Å². The van der Waals surface area contributed by atoms with Crippen LogP contribution in [0.15, 0.2) is 0 Å². The molecular weight excluding hydrogens is 188 g/mol. The van der Waals surface area contributed by atoms with Crippen molar-refractivity contribution in [3.8, 4) is 12.3 Å². The number of rotatable bonds is 5. The van der Waals surface area contributed by atoms with E-state index in [0.29, 0.717) is 12.5 Å². The van der Waals surface area contributed by atoms with Gasteiger partial charge in [-0.1, -0.05) is 0 Å². The monoisotopic (exact) mass is 208 g/mol. The zero-order chi connectivity index (χ0) is 11.1. The third-order valence-corrected chi connectivity index (χ3v) is 2.91. The van der Waals surface area contributed by atoms with E-state index in [9.17, 15) is 4.79 Å². The van der Waals surface area contributed by atoms with E-state index in [-0.39, 0.29) is 5.91 Å². The summed E-state index contributed by atoms with van der Waals surface area (Å²) >= 11 is 0. The van der Waals surface area contributed by atoms with Gasteiger partial charge in [-0.05, 0) is 26.3 Å². The van der Waals surface area contributed by atoms with Crippen LogP contribution in [0.3, 0.4) is 0 Å². The minimum Gasteiger partial charge on any atom is -0.341 e. The largest absolute Gasteiger partial charge is 0.341 e. The number of amides is 1. The smallest absolute Gasteiger partial charge is 0.222 e. The first kappa shape index (κ1) is 12.1. The predicted octanol–water partition coefficient (Wildman–Crippen LogP) is 1.00. The van der Waals surface area contributed by atoms with E-state index in [0.717, 1.165) is 38.8 Å². The van der Waals surface area contributed by atoms with Gasteiger partial charge >= 0.3 is 0 Å². The average molecular weight is 208 g/mol. The Morgan fingerprint density at radius 2 is 2.40 bits per heavy atom. The first-order valence-corrected chi connectivity index (χ1v) is 5.66. The van der Waals surface area contributed by atoms with Crippen molar-refractivity contribution < 1.29 is 4.79 Å². The maximum absolute atomic E-state index is 11.7. The topological polar surface area (TPSA) is 32.3 Å². The van der Waals surface area contributed by atoms with Crippen LogP contribution in [0.1, 0.15) is 32.1 Å². The van der Waals surface area contributed by atoms with Crippen molar-refractivity contribution in [3.63, 3.8) is 0 Å². The lowest BCUT2D eigenvalue weighted by Crippen LogP contribution is -2.33. The molecule has 1 aliphatic heterocycles. The van der Waals surface area contributed by atoms with Crippen LogP contribution in [-0.4, -0.2) is 37.0 Å². The number of hydrogen-bond acceptors (Lipinski definition) is 2. The van der Waals surface area contributed by atoms with Gasteiger partial charge < -0.3 is 10.2 Å². The maximum atomic E-state index is 11.7. The fourth-order valence-corrected chi connectivity index (χ4v) is 1.88. The van der Waals surface area contributed by atoms with Gasteiger partial charge in [-0.2, -0.15) is 0 Å². The Labute approximate surface area is 92.2 Å². The summed E-state index contributed by atoms with van der Waals surface area (Å²) in [6.07, 6.45) is 9.55. The lowest BCUT2D eigenvalue weighted by molar-refractivity contribution is -0.130. The molecule has 84 valence electrons. The van der Waals surface area contributed by atoms with Crippen LogP contribution in [0, 0.1) is 12.3 Å². The van der Waals surface area contributed by atoms with Crippen molar-refractivity contribution in [1.82, 2.24) is 10.2 Å². The van der Waals surface area contributed by atoms with Crippen LogP contribution >= 0.6 is 0 Å². The number of likely N-dealkylation sites (N-methyl/N-ethyl adjacent to an activating group) is 1. The van der Waals surface area contributed by atoms with Crippen LogP contribution < -0.4 is 5.32 Å². The Kier molecular flexibility index (Phi) is 5.20. The Morgan fingerprint density at radius 1 is 1.60 bits per heavy atom. The van der Waals surface area contributed by atoms with E-state index in [1.165, 1.54) is 0 Å². The molecule has 1 rings (SSSR count). The minimum absolute atomic E-state index is 0.282. The number of terminal acetylenes is 1. The zero-order valence-electron chi connectivity index (χ0n) is 9.46. The minimum atomic E-state index is 0.282. The van der Waals surface area contributed by atoms with Crippen molar-refractivity contribution in [1.29, 1.82) is 0 Å². The summed E-state index contributed by atoms with van der Waals surface area (Å²) in [6, 6.07) is 0.486. The third-order valence-electron chi connectivity index (χ3n) is 2.91. The lowest BCUT2D eigenvalue weighted by atomic mass is 10.2. The quantitative estimate of drug-likeness (QED) is 0.540. The number of carbonyl (C=O) groups is 1. The fourth-order valence-electron chi connectivity index (χ4n) is 1.88. The molecule has 3 nitrogen and oxygen atoms in total. The number of carbonyl (C=O) groups excluding carboxylic acids is 1. The fraction of sp³-hybridized carbons (Fsp3) is 0.750. The molecule has 0 saturated carbocycles. The number of hydrogen-bond donors (Lipinski definition) is 1. The highest BCUT2D eigenvalue weighted by molar-refractivity contribution is 5.76. The summed E-state index contributed by atoms with van der Waals surface area (Å²) < 4.78 is 0. The lowest BCUT2D eigenvalue weighted by Gasteiger charge is -2.16. The highest BCUT2D eigenvalue weighted by atomic mass is 16.2. The van der Waals surface area contributed by atoms with Gasteiger partial charge in [-0.3, -0.25) is 4.79 Å². The first-order chi connectivity index (χ1) is 7.27. The Morgan fingerprint density at radius 3 is 3.00 bits per heavy atom. The number of nitrogens with zero attached hydrogens (tertiary/aromatic N) is 1.